The number of benzene rings is 1. The van der Waals surface area contributed by atoms with Gasteiger partial charge in [-0.15, -0.1) is 0 Å². The van der Waals surface area contributed by atoms with Crippen molar-refractivity contribution in [3.8, 4) is 5.75 Å². The highest BCUT2D eigenvalue weighted by Gasteiger charge is 2.07. The van der Waals surface area contributed by atoms with Crippen molar-refractivity contribution in [2.24, 2.45) is 5.73 Å². The van der Waals surface area contributed by atoms with Crippen LogP contribution in [0.15, 0.2) is 73.7 Å². The number of ether oxygens (including phenoxy) is 1. The molecule has 1 aromatic carbocycles. The van der Waals surface area contributed by atoms with E-state index in [-0.39, 0.29) is 0 Å². The van der Waals surface area contributed by atoms with Crippen molar-refractivity contribution < 1.29 is 4.74 Å². The summed E-state index contributed by atoms with van der Waals surface area (Å²) in [6.07, 6.45) is 15.6. The van der Waals surface area contributed by atoms with Gasteiger partial charge in [0.25, 0.3) is 0 Å². The summed E-state index contributed by atoms with van der Waals surface area (Å²) in [7, 11) is 0. The minimum absolute atomic E-state index is 0.834. The van der Waals surface area contributed by atoms with Crippen LogP contribution in [0.3, 0.4) is 0 Å². The molecule has 1 aromatic rings. The predicted molar refractivity (Wildman–Crippen MR) is 91.9 cm³/mol. The van der Waals surface area contributed by atoms with E-state index in [2.05, 4.69) is 24.8 Å². The van der Waals surface area contributed by atoms with Gasteiger partial charge in [0.2, 0.25) is 0 Å². The molecule has 110 valence electrons. The molecule has 1 aliphatic heterocycles. The van der Waals surface area contributed by atoms with Gasteiger partial charge in [0.05, 0.1) is 6.26 Å². The third-order valence-electron chi connectivity index (χ3n) is 2.78. The summed E-state index contributed by atoms with van der Waals surface area (Å²) < 4.78 is 5.56. The first-order valence-electron chi connectivity index (χ1n) is 7.17. The van der Waals surface area contributed by atoms with Crippen LogP contribution in [0.2, 0.25) is 0 Å². The normalized spacial score (nSPS) is 16.4. The third-order valence-corrected chi connectivity index (χ3v) is 2.78. The summed E-state index contributed by atoms with van der Waals surface area (Å²) in [6.45, 7) is 8.06. The van der Waals surface area contributed by atoms with Crippen molar-refractivity contribution in [3.05, 3.63) is 84.8 Å². The fraction of sp³-hybridized carbons (Fsp3) is 0.158. The molecule has 0 spiro atoms. The molecule has 2 rings (SSSR count). The smallest absolute Gasteiger partial charge is 0.134 e. The Hall–Kier alpha value is -2.48. The van der Waals surface area contributed by atoms with Crippen LogP contribution < -0.4 is 10.5 Å². The van der Waals surface area contributed by atoms with Crippen LogP contribution in [0.4, 0.5) is 0 Å². The van der Waals surface area contributed by atoms with Crippen molar-refractivity contribution in [3.63, 3.8) is 0 Å². The van der Waals surface area contributed by atoms with Crippen molar-refractivity contribution in [2.45, 2.75) is 20.3 Å². The number of allylic oxidation sites excluding steroid dienone is 7. The maximum absolute atomic E-state index is 5.56. The molecule has 21 heavy (non-hydrogen) atoms. The van der Waals surface area contributed by atoms with Gasteiger partial charge in [-0.05, 0) is 48.0 Å². The quantitative estimate of drug-likeness (QED) is 0.811. The fourth-order valence-corrected chi connectivity index (χ4v) is 1.82. The Kier molecular flexibility index (Phi) is 7.44. The van der Waals surface area contributed by atoms with E-state index in [0.717, 1.165) is 23.3 Å². The first kappa shape index (κ1) is 16.6. The summed E-state index contributed by atoms with van der Waals surface area (Å²) in [5.41, 5.74) is 8.47. The van der Waals surface area contributed by atoms with Gasteiger partial charge < -0.3 is 10.5 Å². The summed E-state index contributed by atoms with van der Waals surface area (Å²) in [6, 6.07) is 6.14. The number of fused-ring (bicyclic) bond motifs is 1. The highest BCUT2D eigenvalue weighted by Crippen LogP contribution is 2.28. The van der Waals surface area contributed by atoms with Gasteiger partial charge in [0.15, 0.2) is 0 Å². The standard InChI is InChI=1S/C17H17NO.C2H6/c1-14-7-4-6-12-19-17-10-9-15(13-16(14)17)8-3-2-5-11-18;1-2/h2-7,9-13H,1,8,18H2;1-2H3/b3-2-,7-4-,11-5-,12-6-;. The molecule has 2 nitrogen and oxygen atoms in total. The van der Waals surface area contributed by atoms with Gasteiger partial charge in [0.1, 0.15) is 5.75 Å². The van der Waals surface area contributed by atoms with E-state index in [1.165, 1.54) is 11.8 Å². The first-order valence-corrected chi connectivity index (χ1v) is 7.17. The van der Waals surface area contributed by atoms with Crippen LogP contribution in [0, 0.1) is 0 Å². The Balaban J connectivity index is 0.00000106. The van der Waals surface area contributed by atoms with Gasteiger partial charge in [-0.2, -0.15) is 0 Å². The van der Waals surface area contributed by atoms with E-state index in [4.69, 9.17) is 10.5 Å². The predicted octanol–water partition coefficient (Wildman–Crippen LogP) is 4.76. The highest BCUT2D eigenvalue weighted by molar-refractivity contribution is 5.77. The van der Waals surface area contributed by atoms with E-state index in [9.17, 15) is 0 Å². The zero-order valence-corrected chi connectivity index (χ0v) is 12.8. The lowest BCUT2D eigenvalue weighted by Gasteiger charge is -2.12. The monoisotopic (exact) mass is 281 g/mol. The Morgan fingerprint density at radius 2 is 2.00 bits per heavy atom. The van der Waals surface area contributed by atoms with Crippen molar-refractivity contribution >= 4 is 5.57 Å². The van der Waals surface area contributed by atoms with Gasteiger partial charge >= 0.3 is 0 Å². The van der Waals surface area contributed by atoms with E-state index < -0.39 is 0 Å². The largest absolute Gasteiger partial charge is 0.464 e. The van der Waals surface area contributed by atoms with Crippen LogP contribution in [-0.2, 0) is 6.42 Å². The van der Waals surface area contributed by atoms with E-state index in [1.54, 1.807) is 6.26 Å². The van der Waals surface area contributed by atoms with Crippen LogP contribution >= 0.6 is 0 Å². The molecule has 1 heterocycles. The summed E-state index contributed by atoms with van der Waals surface area (Å²) in [5.74, 6) is 0.834. The third kappa shape index (κ3) is 5.19. The Morgan fingerprint density at radius 3 is 2.76 bits per heavy atom. The van der Waals surface area contributed by atoms with Crippen molar-refractivity contribution in [2.75, 3.05) is 0 Å². The van der Waals surface area contributed by atoms with E-state index in [1.807, 2.05) is 50.3 Å². The second-order valence-corrected chi connectivity index (χ2v) is 4.18. The van der Waals surface area contributed by atoms with Crippen LogP contribution in [-0.4, -0.2) is 0 Å². The van der Waals surface area contributed by atoms with Crippen molar-refractivity contribution in [1.82, 2.24) is 0 Å². The topological polar surface area (TPSA) is 35.2 Å². The van der Waals surface area contributed by atoms with Gasteiger partial charge in [0, 0.05) is 5.56 Å². The molecule has 0 aliphatic carbocycles. The second-order valence-electron chi connectivity index (χ2n) is 4.18. The molecule has 2 N–H and O–H groups in total. The van der Waals surface area contributed by atoms with Gasteiger partial charge in [-0.1, -0.05) is 50.8 Å². The molecule has 0 fully saturated rings. The van der Waals surface area contributed by atoms with Gasteiger partial charge in [-0.3, -0.25) is 0 Å². The molecule has 0 unspecified atom stereocenters. The van der Waals surface area contributed by atoms with E-state index >= 15 is 0 Å². The summed E-state index contributed by atoms with van der Waals surface area (Å²) in [4.78, 5) is 0. The highest BCUT2D eigenvalue weighted by atomic mass is 16.5. The summed E-state index contributed by atoms with van der Waals surface area (Å²) >= 11 is 0. The van der Waals surface area contributed by atoms with E-state index in [0.29, 0.717) is 0 Å². The minimum Gasteiger partial charge on any atom is -0.464 e. The lowest BCUT2D eigenvalue weighted by atomic mass is 10.0. The SMILES string of the molecule is C=C1/C=C\C=C/Oc2ccc(C/C=C\C=C/N)cc21.CC. The number of nitrogens with two attached hydrogens (primary N) is 1. The average molecular weight is 281 g/mol. The van der Waals surface area contributed by atoms with Crippen LogP contribution in [0.1, 0.15) is 25.0 Å². The molecule has 1 aliphatic rings. The molecule has 0 aromatic heterocycles. The van der Waals surface area contributed by atoms with Crippen molar-refractivity contribution in [1.29, 1.82) is 0 Å². The lowest BCUT2D eigenvalue weighted by molar-refractivity contribution is 0.479. The number of hydrogen-bond acceptors (Lipinski definition) is 2. The molecule has 0 radical (unpaired) electrons. The second kappa shape index (κ2) is 9.43. The molecule has 0 atom stereocenters. The maximum Gasteiger partial charge on any atom is 0.134 e. The Morgan fingerprint density at radius 1 is 1.19 bits per heavy atom. The summed E-state index contributed by atoms with van der Waals surface area (Å²) in [5, 5.41) is 0. The van der Waals surface area contributed by atoms with Crippen LogP contribution in [0.5, 0.6) is 5.75 Å². The zero-order valence-electron chi connectivity index (χ0n) is 12.8. The molecule has 0 saturated carbocycles. The first-order chi connectivity index (χ1) is 10.3. The molecule has 2 heteroatoms. The van der Waals surface area contributed by atoms with Crippen LogP contribution in [0.25, 0.3) is 5.57 Å². The average Bonchev–Trinajstić information content (AvgIpc) is 2.52. The minimum atomic E-state index is 0.834. The zero-order chi connectivity index (χ0) is 15.5. The molecule has 0 amide bonds. The maximum atomic E-state index is 5.56. The Labute approximate surface area is 127 Å². The fourth-order valence-electron chi connectivity index (χ4n) is 1.82. The number of rotatable bonds is 3. The van der Waals surface area contributed by atoms with Gasteiger partial charge in [-0.25, -0.2) is 0 Å². The lowest BCUT2D eigenvalue weighted by Crippen LogP contribution is -1.93. The molecule has 0 saturated heterocycles. The number of hydrogen-bond donors (Lipinski definition) is 1. The molecular weight excluding hydrogens is 258 g/mol. The molecular formula is C19H23NO. The molecule has 0 bridgehead atoms. The Bertz CT molecular complexity index is 577.